The van der Waals surface area contributed by atoms with Gasteiger partial charge in [0.2, 0.25) is 0 Å². The Balaban J connectivity index is 1.82. The van der Waals surface area contributed by atoms with Crippen LogP contribution >= 0.6 is 0 Å². The zero-order chi connectivity index (χ0) is 13.1. The van der Waals surface area contributed by atoms with Crippen LogP contribution in [0.5, 0.6) is 0 Å². The van der Waals surface area contributed by atoms with Crippen LogP contribution in [-0.2, 0) is 0 Å². The minimum atomic E-state index is 0.542. The topological polar surface area (TPSA) is 71.2 Å². The number of anilines is 1. The van der Waals surface area contributed by atoms with E-state index in [9.17, 15) is 0 Å². The van der Waals surface area contributed by atoms with Gasteiger partial charge in [0.25, 0.3) is 0 Å². The molecule has 3 rings (SSSR count). The van der Waals surface area contributed by atoms with Gasteiger partial charge in [-0.05, 0) is 36.7 Å². The van der Waals surface area contributed by atoms with Gasteiger partial charge >= 0.3 is 0 Å². The third kappa shape index (κ3) is 2.51. The minimum absolute atomic E-state index is 0.542. The Labute approximate surface area is 112 Å². The second-order valence-electron chi connectivity index (χ2n) is 4.90. The molecule has 7 heteroatoms. The molecule has 1 aliphatic heterocycles. The van der Waals surface area contributed by atoms with Crippen molar-refractivity contribution in [2.45, 2.75) is 32.2 Å². The van der Waals surface area contributed by atoms with Crippen molar-refractivity contribution in [3.63, 3.8) is 0 Å². The smallest absolute Gasteiger partial charge is 0.199 e. The molecule has 0 radical (unpaired) electrons. The average molecular weight is 261 g/mol. The Morgan fingerprint density at radius 3 is 3.16 bits per heavy atom. The molecule has 7 nitrogen and oxygen atoms in total. The fourth-order valence-corrected chi connectivity index (χ4v) is 2.61. The maximum atomic E-state index is 4.22. The van der Waals surface area contributed by atoms with Crippen molar-refractivity contribution in [2.24, 2.45) is 0 Å². The van der Waals surface area contributed by atoms with E-state index in [0.29, 0.717) is 11.7 Å². The zero-order valence-corrected chi connectivity index (χ0v) is 11.2. The second-order valence-corrected chi connectivity index (χ2v) is 4.90. The van der Waals surface area contributed by atoms with Crippen molar-refractivity contribution in [2.75, 3.05) is 24.5 Å². The predicted octanol–water partition coefficient (Wildman–Crippen LogP) is 0.488. The average Bonchev–Trinajstić information content (AvgIpc) is 2.94. The largest absolute Gasteiger partial charge is 0.354 e. The van der Waals surface area contributed by atoms with Gasteiger partial charge in [-0.1, -0.05) is 6.42 Å². The number of likely N-dealkylation sites (N-methyl/N-ethyl adjacent to an activating group) is 1. The van der Waals surface area contributed by atoms with Crippen molar-refractivity contribution in [1.82, 2.24) is 30.3 Å². The Morgan fingerprint density at radius 1 is 1.42 bits per heavy atom. The first-order valence-electron chi connectivity index (χ1n) is 6.89. The lowest BCUT2D eigenvalue weighted by atomic mass is 10.0. The Kier molecular flexibility index (Phi) is 3.54. The quantitative estimate of drug-likeness (QED) is 0.863. The monoisotopic (exact) mass is 261 g/mol. The fourth-order valence-electron chi connectivity index (χ4n) is 2.61. The van der Waals surface area contributed by atoms with Gasteiger partial charge in [0.15, 0.2) is 11.5 Å². The summed E-state index contributed by atoms with van der Waals surface area (Å²) in [7, 11) is 0. The van der Waals surface area contributed by atoms with E-state index in [4.69, 9.17) is 0 Å². The van der Waals surface area contributed by atoms with Crippen LogP contribution in [0.2, 0.25) is 0 Å². The predicted molar refractivity (Wildman–Crippen MR) is 72.1 cm³/mol. The molecular weight excluding hydrogens is 242 g/mol. The SMILES string of the molecule is CCN(CC1CCCCN1)c1cncc2nnnn12. The van der Waals surface area contributed by atoms with Crippen LogP contribution in [0.15, 0.2) is 12.4 Å². The summed E-state index contributed by atoms with van der Waals surface area (Å²) >= 11 is 0. The van der Waals surface area contributed by atoms with Crippen LogP contribution in [-0.4, -0.2) is 50.7 Å². The van der Waals surface area contributed by atoms with Gasteiger partial charge in [-0.25, -0.2) is 0 Å². The van der Waals surface area contributed by atoms with Gasteiger partial charge in [-0.15, -0.1) is 5.10 Å². The minimum Gasteiger partial charge on any atom is -0.354 e. The van der Waals surface area contributed by atoms with E-state index in [1.807, 2.05) is 6.20 Å². The number of rotatable bonds is 4. The molecule has 0 amide bonds. The van der Waals surface area contributed by atoms with Crippen LogP contribution in [0.25, 0.3) is 5.65 Å². The third-order valence-corrected chi connectivity index (χ3v) is 3.65. The highest BCUT2D eigenvalue weighted by Crippen LogP contribution is 2.15. The van der Waals surface area contributed by atoms with Gasteiger partial charge in [0.05, 0.1) is 12.4 Å². The van der Waals surface area contributed by atoms with E-state index in [1.54, 1.807) is 10.7 Å². The molecule has 0 aliphatic carbocycles. The molecule has 0 bridgehead atoms. The molecule has 1 saturated heterocycles. The molecule has 1 atom stereocenters. The lowest BCUT2D eigenvalue weighted by molar-refractivity contribution is 0.399. The van der Waals surface area contributed by atoms with Crippen LogP contribution in [0.1, 0.15) is 26.2 Å². The fraction of sp³-hybridized carbons (Fsp3) is 0.667. The van der Waals surface area contributed by atoms with Crippen molar-refractivity contribution in [3.05, 3.63) is 12.4 Å². The molecule has 1 unspecified atom stereocenters. The van der Waals surface area contributed by atoms with Gasteiger partial charge < -0.3 is 10.2 Å². The summed E-state index contributed by atoms with van der Waals surface area (Å²) in [6.07, 6.45) is 7.33. The summed E-state index contributed by atoms with van der Waals surface area (Å²) in [5.74, 6) is 0.956. The maximum absolute atomic E-state index is 4.22. The molecule has 2 aromatic heterocycles. The van der Waals surface area contributed by atoms with E-state index in [-0.39, 0.29) is 0 Å². The van der Waals surface area contributed by atoms with E-state index < -0.39 is 0 Å². The summed E-state index contributed by atoms with van der Waals surface area (Å²) < 4.78 is 1.75. The molecule has 2 aromatic rings. The maximum Gasteiger partial charge on any atom is 0.199 e. The molecule has 102 valence electrons. The molecule has 0 spiro atoms. The van der Waals surface area contributed by atoms with Crippen LogP contribution < -0.4 is 10.2 Å². The molecule has 0 aromatic carbocycles. The summed E-state index contributed by atoms with van der Waals surface area (Å²) in [5, 5.41) is 15.3. The number of hydrogen-bond acceptors (Lipinski definition) is 6. The van der Waals surface area contributed by atoms with Crippen LogP contribution in [0, 0.1) is 0 Å². The molecule has 1 aliphatic rings. The van der Waals surface area contributed by atoms with Gasteiger partial charge in [-0.2, -0.15) is 4.52 Å². The van der Waals surface area contributed by atoms with E-state index >= 15 is 0 Å². The first-order valence-corrected chi connectivity index (χ1v) is 6.89. The van der Waals surface area contributed by atoms with Crippen molar-refractivity contribution < 1.29 is 0 Å². The first kappa shape index (κ1) is 12.3. The molecule has 1 N–H and O–H groups in total. The van der Waals surface area contributed by atoms with E-state index in [2.05, 4.69) is 37.6 Å². The van der Waals surface area contributed by atoms with Crippen LogP contribution in [0.3, 0.4) is 0 Å². The number of tetrazole rings is 1. The standard InChI is InChI=1S/C12H19N7/c1-2-18(9-10-5-3-4-6-14-10)12-8-13-7-11-15-16-17-19(11)12/h7-8,10,14H,2-6,9H2,1H3. The lowest BCUT2D eigenvalue weighted by Crippen LogP contribution is -2.44. The highest BCUT2D eigenvalue weighted by Gasteiger charge is 2.18. The summed E-state index contributed by atoms with van der Waals surface area (Å²) in [6, 6.07) is 0.542. The second kappa shape index (κ2) is 5.48. The number of piperidine rings is 1. The van der Waals surface area contributed by atoms with Gasteiger partial charge in [0.1, 0.15) is 0 Å². The lowest BCUT2D eigenvalue weighted by Gasteiger charge is -2.30. The number of hydrogen-bond donors (Lipinski definition) is 1. The summed E-state index contributed by atoms with van der Waals surface area (Å²) in [6.45, 7) is 5.15. The number of aromatic nitrogens is 5. The Morgan fingerprint density at radius 2 is 2.37 bits per heavy atom. The number of nitrogens with zero attached hydrogens (tertiary/aromatic N) is 6. The van der Waals surface area contributed by atoms with Gasteiger partial charge in [-0.3, -0.25) is 4.98 Å². The molecule has 1 fully saturated rings. The molecule has 0 saturated carbocycles. The van der Waals surface area contributed by atoms with Gasteiger partial charge in [0, 0.05) is 19.1 Å². The number of nitrogens with one attached hydrogen (secondary N) is 1. The van der Waals surface area contributed by atoms with Crippen molar-refractivity contribution in [1.29, 1.82) is 0 Å². The van der Waals surface area contributed by atoms with Crippen molar-refractivity contribution in [3.8, 4) is 0 Å². The molecule has 19 heavy (non-hydrogen) atoms. The Bertz CT molecular complexity index is 532. The van der Waals surface area contributed by atoms with Crippen LogP contribution in [0.4, 0.5) is 5.82 Å². The Hall–Kier alpha value is -1.76. The number of fused-ring (bicyclic) bond motifs is 1. The first-order chi connectivity index (χ1) is 9.38. The summed E-state index contributed by atoms with van der Waals surface area (Å²) in [4.78, 5) is 6.50. The zero-order valence-electron chi connectivity index (χ0n) is 11.2. The summed E-state index contributed by atoms with van der Waals surface area (Å²) in [5.41, 5.74) is 0.688. The highest BCUT2D eigenvalue weighted by molar-refractivity contribution is 5.46. The molecular formula is C12H19N7. The van der Waals surface area contributed by atoms with Crippen molar-refractivity contribution >= 4 is 11.5 Å². The van der Waals surface area contributed by atoms with E-state index in [1.165, 1.54) is 19.3 Å². The highest BCUT2D eigenvalue weighted by atomic mass is 15.5. The van der Waals surface area contributed by atoms with E-state index in [0.717, 1.165) is 25.5 Å². The normalized spacial score (nSPS) is 19.7. The molecule has 3 heterocycles. The third-order valence-electron chi connectivity index (χ3n) is 3.65.